The van der Waals surface area contributed by atoms with Crippen molar-refractivity contribution in [2.75, 3.05) is 12.8 Å². The van der Waals surface area contributed by atoms with Gasteiger partial charge in [-0.15, -0.1) is 0 Å². The predicted molar refractivity (Wildman–Crippen MR) is 78.5 cm³/mol. The van der Waals surface area contributed by atoms with Crippen LogP contribution in [-0.2, 0) is 6.54 Å². The third-order valence-electron chi connectivity index (χ3n) is 2.43. The molecule has 0 aliphatic rings. The molecule has 1 aromatic carbocycles. The molecule has 0 saturated carbocycles. The van der Waals surface area contributed by atoms with Crippen molar-refractivity contribution >= 4 is 39.3 Å². The van der Waals surface area contributed by atoms with Crippen LogP contribution in [0.5, 0.6) is 0 Å². The standard InChI is InChI=1S/C12H17BrClNS/c1-12(2,16-3)8-15-7-9-4-5-10(14)6-11(9)13/h4-6,15H,7-8H2,1-3H3. The molecule has 0 radical (unpaired) electrons. The van der Waals surface area contributed by atoms with E-state index in [0.29, 0.717) is 0 Å². The summed E-state index contributed by atoms with van der Waals surface area (Å²) in [5.74, 6) is 0. The van der Waals surface area contributed by atoms with Gasteiger partial charge in [-0.05, 0) is 37.8 Å². The molecule has 0 bridgehead atoms. The van der Waals surface area contributed by atoms with Crippen LogP contribution in [-0.4, -0.2) is 17.5 Å². The molecule has 0 fully saturated rings. The number of hydrogen-bond donors (Lipinski definition) is 1. The quantitative estimate of drug-likeness (QED) is 0.866. The average molecular weight is 323 g/mol. The maximum atomic E-state index is 5.89. The van der Waals surface area contributed by atoms with Crippen molar-refractivity contribution in [2.24, 2.45) is 0 Å². The normalized spacial score (nSPS) is 11.8. The Labute approximate surface area is 115 Å². The summed E-state index contributed by atoms with van der Waals surface area (Å²) in [5.41, 5.74) is 1.24. The zero-order chi connectivity index (χ0) is 12.2. The van der Waals surface area contributed by atoms with Crippen LogP contribution in [0.2, 0.25) is 5.02 Å². The third kappa shape index (κ3) is 4.66. The van der Waals surface area contributed by atoms with Gasteiger partial charge in [0, 0.05) is 27.3 Å². The Morgan fingerprint density at radius 3 is 2.69 bits per heavy atom. The summed E-state index contributed by atoms with van der Waals surface area (Å²) >= 11 is 11.3. The minimum absolute atomic E-state index is 0.277. The lowest BCUT2D eigenvalue weighted by molar-refractivity contribution is 0.590. The number of rotatable bonds is 5. The molecule has 0 amide bonds. The SMILES string of the molecule is CSC(C)(C)CNCc1ccc(Cl)cc1Br. The van der Waals surface area contributed by atoms with E-state index in [1.54, 1.807) is 0 Å². The summed E-state index contributed by atoms with van der Waals surface area (Å²) in [6.45, 7) is 6.33. The fourth-order valence-corrected chi connectivity index (χ4v) is 2.30. The fraction of sp³-hybridized carbons (Fsp3) is 0.500. The van der Waals surface area contributed by atoms with E-state index in [0.717, 1.165) is 22.6 Å². The fourth-order valence-electron chi connectivity index (χ4n) is 1.24. The van der Waals surface area contributed by atoms with E-state index in [-0.39, 0.29) is 4.75 Å². The third-order valence-corrected chi connectivity index (χ3v) is 4.66. The Morgan fingerprint density at radius 1 is 1.44 bits per heavy atom. The summed E-state index contributed by atoms with van der Waals surface area (Å²) in [7, 11) is 0. The van der Waals surface area contributed by atoms with Crippen LogP contribution < -0.4 is 5.32 Å². The second-order valence-electron chi connectivity index (χ2n) is 4.30. The van der Waals surface area contributed by atoms with Gasteiger partial charge in [-0.25, -0.2) is 0 Å². The molecule has 90 valence electrons. The molecule has 0 unspecified atom stereocenters. The Balaban J connectivity index is 2.49. The molecule has 16 heavy (non-hydrogen) atoms. The van der Waals surface area contributed by atoms with Gasteiger partial charge < -0.3 is 5.32 Å². The van der Waals surface area contributed by atoms with E-state index in [9.17, 15) is 0 Å². The zero-order valence-corrected chi connectivity index (χ0v) is 13.0. The molecule has 0 heterocycles. The van der Waals surface area contributed by atoms with Gasteiger partial charge in [0.05, 0.1) is 0 Å². The first kappa shape index (κ1) is 14.4. The van der Waals surface area contributed by atoms with Crippen LogP contribution in [0.25, 0.3) is 0 Å². The van der Waals surface area contributed by atoms with Crippen LogP contribution in [0.4, 0.5) is 0 Å². The largest absolute Gasteiger partial charge is 0.311 e. The number of nitrogens with one attached hydrogen (secondary N) is 1. The molecule has 0 aromatic heterocycles. The smallest absolute Gasteiger partial charge is 0.0417 e. The minimum atomic E-state index is 0.277. The minimum Gasteiger partial charge on any atom is -0.311 e. The van der Waals surface area contributed by atoms with Gasteiger partial charge in [0.25, 0.3) is 0 Å². The van der Waals surface area contributed by atoms with Crippen LogP contribution in [0.3, 0.4) is 0 Å². The zero-order valence-electron chi connectivity index (χ0n) is 9.81. The van der Waals surface area contributed by atoms with E-state index < -0.39 is 0 Å². The highest BCUT2D eigenvalue weighted by Gasteiger charge is 2.14. The topological polar surface area (TPSA) is 12.0 Å². The van der Waals surface area contributed by atoms with Crippen molar-refractivity contribution in [3.05, 3.63) is 33.3 Å². The Hall–Kier alpha value is 0.300. The summed E-state index contributed by atoms with van der Waals surface area (Å²) in [5, 5.41) is 4.22. The summed E-state index contributed by atoms with van der Waals surface area (Å²) in [4.78, 5) is 0. The lowest BCUT2D eigenvalue weighted by Gasteiger charge is -2.22. The van der Waals surface area contributed by atoms with E-state index >= 15 is 0 Å². The molecule has 0 saturated heterocycles. The molecule has 1 nitrogen and oxygen atoms in total. The van der Waals surface area contributed by atoms with Crippen molar-refractivity contribution in [1.29, 1.82) is 0 Å². The van der Waals surface area contributed by atoms with Crippen LogP contribution >= 0.6 is 39.3 Å². The number of hydrogen-bond acceptors (Lipinski definition) is 2. The van der Waals surface area contributed by atoms with Crippen molar-refractivity contribution in [3.8, 4) is 0 Å². The number of halogens is 2. The van der Waals surface area contributed by atoms with Gasteiger partial charge in [-0.1, -0.05) is 33.6 Å². The molecule has 4 heteroatoms. The number of benzene rings is 1. The molecule has 1 aromatic rings. The monoisotopic (exact) mass is 321 g/mol. The molecule has 0 aliphatic heterocycles. The molecule has 1 rings (SSSR count). The van der Waals surface area contributed by atoms with Gasteiger partial charge in [0.1, 0.15) is 0 Å². The molecular formula is C12H17BrClNS. The summed E-state index contributed by atoms with van der Waals surface area (Å²) < 4.78 is 1.34. The second-order valence-corrected chi connectivity index (χ2v) is 7.11. The predicted octanol–water partition coefficient (Wildman–Crippen LogP) is 4.33. The van der Waals surface area contributed by atoms with Gasteiger partial charge >= 0.3 is 0 Å². The van der Waals surface area contributed by atoms with Crippen LogP contribution in [0.15, 0.2) is 22.7 Å². The molecular weight excluding hydrogens is 306 g/mol. The molecule has 0 spiro atoms. The van der Waals surface area contributed by atoms with E-state index in [4.69, 9.17) is 11.6 Å². The Kier molecular flexibility index (Phi) is 5.65. The van der Waals surface area contributed by atoms with Crippen molar-refractivity contribution in [3.63, 3.8) is 0 Å². The van der Waals surface area contributed by atoms with Gasteiger partial charge in [0.2, 0.25) is 0 Å². The average Bonchev–Trinajstić information content (AvgIpc) is 2.21. The molecule has 1 N–H and O–H groups in total. The summed E-state index contributed by atoms with van der Waals surface area (Å²) in [6.07, 6.45) is 2.14. The highest BCUT2D eigenvalue weighted by molar-refractivity contribution is 9.10. The van der Waals surface area contributed by atoms with Crippen molar-refractivity contribution in [1.82, 2.24) is 5.32 Å². The van der Waals surface area contributed by atoms with Crippen molar-refractivity contribution < 1.29 is 0 Å². The second kappa shape index (κ2) is 6.29. The maximum Gasteiger partial charge on any atom is 0.0417 e. The van der Waals surface area contributed by atoms with Gasteiger partial charge in [0.15, 0.2) is 0 Å². The first-order valence-corrected chi connectivity index (χ1v) is 7.54. The highest BCUT2D eigenvalue weighted by Crippen LogP contribution is 2.22. The Morgan fingerprint density at radius 2 is 2.12 bits per heavy atom. The highest BCUT2D eigenvalue weighted by atomic mass is 79.9. The maximum absolute atomic E-state index is 5.89. The molecule has 0 aliphatic carbocycles. The van der Waals surface area contributed by atoms with Gasteiger partial charge in [-0.2, -0.15) is 11.8 Å². The first-order chi connectivity index (χ1) is 7.44. The van der Waals surface area contributed by atoms with Crippen molar-refractivity contribution in [2.45, 2.75) is 25.1 Å². The Bertz CT molecular complexity index is 355. The van der Waals surface area contributed by atoms with E-state index in [1.807, 2.05) is 30.0 Å². The van der Waals surface area contributed by atoms with Crippen LogP contribution in [0, 0.1) is 0 Å². The lowest BCUT2D eigenvalue weighted by atomic mass is 10.2. The molecule has 0 atom stereocenters. The van der Waals surface area contributed by atoms with Crippen LogP contribution in [0.1, 0.15) is 19.4 Å². The van der Waals surface area contributed by atoms with E-state index in [2.05, 4.69) is 41.3 Å². The summed E-state index contributed by atoms with van der Waals surface area (Å²) in [6, 6.07) is 5.90. The lowest BCUT2D eigenvalue weighted by Crippen LogP contribution is -2.31. The van der Waals surface area contributed by atoms with Gasteiger partial charge in [-0.3, -0.25) is 0 Å². The van der Waals surface area contributed by atoms with E-state index in [1.165, 1.54) is 5.56 Å². The number of thioether (sulfide) groups is 1. The first-order valence-electron chi connectivity index (χ1n) is 5.14.